The number of nitrogens with zero attached hydrogens (tertiary/aromatic N) is 1. The van der Waals surface area contributed by atoms with E-state index in [9.17, 15) is 4.79 Å². The lowest BCUT2D eigenvalue weighted by atomic mass is 9.97. The third-order valence-electron chi connectivity index (χ3n) is 3.55. The van der Waals surface area contributed by atoms with Gasteiger partial charge in [0.2, 0.25) is 5.91 Å². The fourth-order valence-corrected chi connectivity index (χ4v) is 2.69. The van der Waals surface area contributed by atoms with Crippen molar-refractivity contribution >= 4 is 28.9 Å². The molecule has 2 rings (SSSR count). The Morgan fingerprint density at radius 1 is 1.42 bits per heavy atom. The van der Waals surface area contributed by atoms with E-state index in [4.69, 9.17) is 11.6 Å². The molecule has 5 heteroatoms. The molecular formula is C14H20ClN3O. The summed E-state index contributed by atoms with van der Waals surface area (Å²) in [6.07, 6.45) is 0. The second kappa shape index (κ2) is 5.80. The van der Waals surface area contributed by atoms with E-state index >= 15 is 0 Å². The van der Waals surface area contributed by atoms with Crippen LogP contribution in [0.1, 0.15) is 6.92 Å². The molecule has 2 atom stereocenters. The molecule has 0 unspecified atom stereocenters. The standard InChI is InChI=1S/C14H20ClN3O/c1-9-7-16-8-11(9)14(19)17-10-4-5-13(18(2)3)12(15)6-10/h4-6,9,11,16H,7-8H2,1-3H3,(H,17,19)/t9-,11-/m1/s1. The smallest absolute Gasteiger partial charge is 0.229 e. The molecule has 1 saturated heterocycles. The zero-order chi connectivity index (χ0) is 14.0. The van der Waals surface area contributed by atoms with Gasteiger partial charge in [0.25, 0.3) is 0 Å². The number of nitrogens with one attached hydrogen (secondary N) is 2. The van der Waals surface area contributed by atoms with Gasteiger partial charge in [0.1, 0.15) is 0 Å². The quantitative estimate of drug-likeness (QED) is 0.893. The molecule has 1 heterocycles. The second-order valence-corrected chi connectivity index (χ2v) is 5.70. The molecule has 4 nitrogen and oxygen atoms in total. The molecule has 0 spiro atoms. The first-order valence-electron chi connectivity index (χ1n) is 6.47. The van der Waals surface area contributed by atoms with Crippen LogP contribution in [0.5, 0.6) is 0 Å². The van der Waals surface area contributed by atoms with E-state index in [1.165, 1.54) is 0 Å². The number of hydrogen-bond donors (Lipinski definition) is 2. The third-order valence-corrected chi connectivity index (χ3v) is 3.85. The Labute approximate surface area is 119 Å². The van der Waals surface area contributed by atoms with E-state index in [1.807, 2.05) is 31.1 Å². The van der Waals surface area contributed by atoms with Gasteiger partial charge in [-0.15, -0.1) is 0 Å². The normalized spacial score (nSPS) is 22.3. The average Bonchev–Trinajstić information content (AvgIpc) is 2.75. The molecule has 0 aromatic heterocycles. The summed E-state index contributed by atoms with van der Waals surface area (Å²) in [5.74, 6) is 0.468. The minimum atomic E-state index is 0.0345. The zero-order valence-electron chi connectivity index (χ0n) is 11.5. The first kappa shape index (κ1) is 14.2. The van der Waals surface area contributed by atoms with E-state index in [1.54, 1.807) is 6.07 Å². The van der Waals surface area contributed by atoms with Crippen molar-refractivity contribution in [1.82, 2.24) is 5.32 Å². The van der Waals surface area contributed by atoms with Gasteiger partial charge in [-0.1, -0.05) is 18.5 Å². The SMILES string of the molecule is C[C@@H]1CNC[C@H]1C(=O)Nc1ccc(N(C)C)c(Cl)c1. The van der Waals surface area contributed by atoms with Crippen LogP contribution < -0.4 is 15.5 Å². The van der Waals surface area contributed by atoms with Crippen LogP contribution in [0.15, 0.2) is 18.2 Å². The third kappa shape index (κ3) is 3.19. The van der Waals surface area contributed by atoms with Gasteiger partial charge in [0.05, 0.1) is 16.6 Å². The molecule has 1 aromatic rings. The fraction of sp³-hybridized carbons (Fsp3) is 0.500. The molecule has 0 bridgehead atoms. The summed E-state index contributed by atoms with van der Waals surface area (Å²) in [5.41, 5.74) is 1.69. The first-order chi connectivity index (χ1) is 8.99. The van der Waals surface area contributed by atoms with Crippen molar-refractivity contribution < 1.29 is 4.79 Å². The highest BCUT2D eigenvalue weighted by Crippen LogP contribution is 2.28. The number of amides is 1. The predicted octanol–water partition coefficient (Wildman–Crippen LogP) is 2.20. The molecule has 0 saturated carbocycles. The van der Waals surface area contributed by atoms with Gasteiger partial charge < -0.3 is 15.5 Å². The largest absolute Gasteiger partial charge is 0.376 e. The minimum absolute atomic E-state index is 0.0345. The summed E-state index contributed by atoms with van der Waals surface area (Å²) in [6, 6.07) is 5.59. The van der Waals surface area contributed by atoms with Gasteiger partial charge in [0, 0.05) is 26.3 Å². The maximum absolute atomic E-state index is 12.2. The van der Waals surface area contributed by atoms with Crippen LogP contribution in [-0.2, 0) is 4.79 Å². The summed E-state index contributed by atoms with van der Waals surface area (Å²) in [7, 11) is 3.87. The van der Waals surface area contributed by atoms with Crippen molar-refractivity contribution in [3.8, 4) is 0 Å². The lowest BCUT2D eigenvalue weighted by Gasteiger charge is -2.17. The number of halogens is 1. The Bertz CT molecular complexity index is 476. The van der Waals surface area contributed by atoms with Crippen LogP contribution in [0.3, 0.4) is 0 Å². The lowest BCUT2D eigenvalue weighted by Crippen LogP contribution is -2.27. The van der Waals surface area contributed by atoms with Gasteiger partial charge in [-0.05, 0) is 30.7 Å². The number of rotatable bonds is 3. The Morgan fingerprint density at radius 3 is 2.68 bits per heavy atom. The number of hydrogen-bond acceptors (Lipinski definition) is 3. The number of carbonyl (C=O) groups is 1. The van der Waals surface area contributed by atoms with Gasteiger partial charge in [-0.25, -0.2) is 0 Å². The zero-order valence-corrected chi connectivity index (χ0v) is 12.3. The van der Waals surface area contributed by atoms with Crippen molar-refractivity contribution in [2.45, 2.75) is 6.92 Å². The fourth-order valence-electron chi connectivity index (χ4n) is 2.34. The highest BCUT2D eigenvalue weighted by molar-refractivity contribution is 6.33. The van der Waals surface area contributed by atoms with Crippen LogP contribution in [0.4, 0.5) is 11.4 Å². The highest BCUT2D eigenvalue weighted by atomic mass is 35.5. The van der Waals surface area contributed by atoms with E-state index in [-0.39, 0.29) is 11.8 Å². The topological polar surface area (TPSA) is 44.4 Å². The number of anilines is 2. The Hall–Kier alpha value is -1.26. The molecule has 1 aromatic carbocycles. The van der Waals surface area contributed by atoms with Gasteiger partial charge in [0.15, 0.2) is 0 Å². The molecular weight excluding hydrogens is 262 g/mol. The number of benzene rings is 1. The van der Waals surface area contributed by atoms with Crippen LogP contribution in [0.25, 0.3) is 0 Å². The van der Waals surface area contributed by atoms with E-state index < -0.39 is 0 Å². The molecule has 0 radical (unpaired) electrons. The van der Waals surface area contributed by atoms with Crippen molar-refractivity contribution in [2.75, 3.05) is 37.4 Å². The summed E-state index contributed by atoms with van der Waals surface area (Å²) in [5, 5.41) is 6.81. The summed E-state index contributed by atoms with van der Waals surface area (Å²) < 4.78 is 0. The van der Waals surface area contributed by atoms with Crippen molar-refractivity contribution in [1.29, 1.82) is 0 Å². The van der Waals surface area contributed by atoms with Crippen molar-refractivity contribution in [3.05, 3.63) is 23.2 Å². The lowest BCUT2D eigenvalue weighted by molar-refractivity contribution is -0.120. The van der Waals surface area contributed by atoms with Crippen molar-refractivity contribution in [3.63, 3.8) is 0 Å². The maximum atomic E-state index is 12.2. The van der Waals surface area contributed by atoms with Crippen LogP contribution in [0.2, 0.25) is 5.02 Å². The van der Waals surface area contributed by atoms with E-state index in [2.05, 4.69) is 17.6 Å². The summed E-state index contributed by atoms with van der Waals surface area (Å²) >= 11 is 6.19. The molecule has 104 valence electrons. The Balaban J connectivity index is 2.07. The molecule has 19 heavy (non-hydrogen) atoms. The monoisotopic (exact) mass is 281 g/mol. The Morgan fingerprint density at radius 2 is 2.16 bits per heavy atom. The molecule has 1 fully saturated rings. The highest BCUT2D eigenvalue weighted by Gasteiger charge is 2.29. The molecule has 1 aliphatic heterocycles. The van der Waals surface area contributed by atoms with Gasteiger partial charge in [-0.2, -0.15) is 0 Å². The molecule has 1 amide bonds. The minimum Gasteiger partial charge on any atom is -0.376 e. The second-order valence-electron chi connectivity index (χ2n) is 5.29. The van der Waals surface area contributed by atoms with Crippen LogP contribution in [0, 0.1) is 11.8 Å². The van der Waals surface area contributed by atoms with Crippen molar-refractivity contribution in [2.24, 2.45) is 11.8 Å². The molecule has 1 aliphatic rings. The molecule has 0 aliphatic carbocycles. The first-order valence-corrected chi connectivity index (χ1v) is 6.85. The average molecular weight is 282 g/mol. The van der Waals surface area contributed by atoms with E-state index in [0.717, 1.165) is 24.5 Å². The van der Waals surface area contributed by atoms with Gasteiger partial charge in [-0.3, -0.25) is 4.79 Å². The van der Waals surface area contributed by atoms with Crippen LogP contribution >= 0.6 is 11.6 Å². The number of carbonyl (C=O) groups excluding carboxylic acids is 1. The summed E-state index contributed by atoms with van der Waals surface area (Å²) in [6.45, 7) is 3.74. The van der Waals surface area contributed by atoms with Gasteiger partial charge >= 0.3 is 0 Å². The maximum Gasteiger partial charge on any atom is 0.229 e. The Kier molecular flexibility index (Phi) is 4.32. The molecule has 2 N–H and O–H groups in total. The van der Waals surface area contributed by atoms with Crippen LogP contribution in [-0.4, -0.2) is 33.1 Å². The van der Waals surface area contributed by atoms with E-state index in [0.29, 0.717) is 10.9 Å². The summed E-state index contributed by atoms with van der Waals surface area (Å²) in [4.78, 5) is 14.1. The predicted molar refractivity (Wildman–Crippen MR) is 79.9 cm³/mol.